The van der Waals surface area contributed by atoms with Crippen LogP contribution in [0.1, 0.15) is 60.3 Å². The van der Waals surface area contributed by atoms with E-state index in [0.29, 0.717) is 65.9 Å². The van der Waals surface area contributed by atoms with Crippen molar-refractivity contribution in [2.75, 3.05) is 38.5 Å². The molecule has 1 unspecified atom stereocenters. The Labute approximate surface area is 248 Å². The molecular weight excluding hydrogens is 556 g/mol. The van der Waals surface area contributed by atoms with Crippen LogP contribution in [-0.2, 0) is 28.9 Å². The van der Waals surface area contributed by atoms with E-state index in [-0.39, 0.29) is 23.3 Å². The number of amides is 2. The fourth-order valence-corrected chi connectivity index (χ4v) is 6.82. The molecule has 2 amide bonds. The van der Waals surface area contributed by atoms with Crippen LogP contribution < -0.4 is 35.6 Å². The van der Waals surface area contributed by atoms with E-state index < -0.39 is 0 Å². The number of thiazole rings is 1. The Balaban J connectivity index is 1.39. The highest BCUT2D eigenvalue weighted by molar-refractivity contribution is 7.15. The molecule has 2 aliphatic carbocycles. The number of rotatable bonds is 10. The van der Waals surface area contributed by atoms with E-state index in [1.54, 1.807) is 44.8 Å². The van der Waals surface area contributed by atoms with Gasteiger partial charge in [0.15, 0.2) is 16.6 Å². The minimum Gasteiger partial charge on any atom is -0.493 e. The van der Waals surface area contributed by atoms with Gasteiger partial charge in [-0.2, -0.15) is 0 Å². The SMILES string of the molecule is COc1cc2c(c(OC)c1OC)-c1ccc(NCCCC(=O)Nc3nc4c(s3)CCC4)c(=O)cc1C(NC(C)=O)CC2. The minimum atomic E-state index is -0.379. The third-order valence-corrected chi connectivity index (χ3v) is 8.73. The lowest BCUT2D eigenvalue weighted by atomic mass is 9.95. The summed E-state index contributed by atoms with van der Waals surface area (Å²) in [7, 11) is 4.70. The maximum atomic E-state index is 13.4. The van der Waals surface area contributed by atoms with Crippen molar-refractivity contribution in [2.24, 2.45) is 0 Å². The fraction of sp³-hybridized carbons (Fsp3) is 0.419. The standard InChI is InChI=1S/C31H36N4O6S/c1-17(36)33-21-12-10-18-15-25(39-2)29(40-3)30(41-4)28(18)19-11-13-22(24(37)16-20(19)21)32-14-6-9-27(38)35-31-34-23-7-5-8-26(23)42-31/h11,13,15-16,21H,5-10,12,14H2,1-4H3,(H,32,37)(H,33,36)(H,34,35,38). The number of ether oxygens (including phenoxy) is 3. The summed E-state index contributed by atoms with van der Waals surface area (Å²) in [4.78, 5) is 43.8. The van der Waals surface area contributed by atoms with Crippen molar-refractivity contribution < 1.29 is 23.8 Å². The molecule has 0 radical (unpaired) electrons. The number of nitrogens with one attached hydrogen (secondary N) is 3. The summed E-state index contributed by atoms with van der Waals surface area (Å²) in [6.07, 6.45) is 5.20. The lowest BCUT2D eigenvalue weighted by molar-refractivity contribution is -0.119. The van der Waals surface area contributed by atoms with Gasteiger partial charge < -0.3 is 30.2 Å². The molecular formula is C31H36N4O6S. The van der Waals surface area contributed by atoms with E-state index in [9.17, 15) is 14.4 Å². The quantitative estimate of drug-likeness (QED) is 0.291. The van der Waals surface area contributed by atoms with Crippen molar-refractivity contribution in [1.82, 2.24) is 10.3 Å². The Kier molecular flexibility index (Phi) is 8.96. The largest absolute Gasteiger partial charge is 0.493 e. The second-order valence-corrected chi connectivity index (χ2v) is 11.5. The number of carbonyl (C=O) groups is 2. The Morgan fingerprint density at radius 3 is 2.57 bits per heavy atom. The Morgan fingerprint density at radius 2 is 1.86 bits per heavy atom. The van der Waals surface area contributed by atoms with E-state index in [0.717, 1.165) is 41.6 Å². The number of hydrogen-bond donors (Lipinski definition) is 3. The summed E-state index contributed by atoms with van der Waals surface area (Å²) in [5.41, 5.74) is 4.52. The molecule has 5 rings (SSSR count). The van der Waals surface area contributed by atoms with E-state index in [4.69, 9.17) is 14.2 Å². The van der Waals surface area contributed by atoms with Gasteiger partial charge in [0.2, 0.25) is 23.0 Å². The molecule has 0 saturated heterocycles. The van der Waals surface area contributed by atoms with E-state index in [1.165, 1.54) is 11.8 Å². The maximum Gasteiger partial charge on any atom is 0.226 e. The molecule has 0 aliphatic heterocycles. The predicted octanol–water partition coefficient (Wildman–Crippen LogP) is 4.64. The van der Waals surface area contributed by atoms with Crippen LogP contribution in [0.3, 0.4) is 0 Å². The van der Waals surface area contributed by atoms with Crippen LogP contribution in [0.15, 0.2) is 29.1 Å². The van der Waals surface area contributed by atoms with Gasteiger partial charge in [-0.25, -0.2) is 4.98 Å². The summed E-state index contributed by atoms with van der Waals surface area (Å²) < 4.78 is 17.1. The molecule has 1 heterocycles. The molecule has 1 aromatic heterocycles. The number of hydrogen-bond acceptors (Lipinski definition) is 9. The van der Waals surface area contributed by atoms with Crippen molar-refractivity contribution in [3.8, 4) is 28.4 Å². The van der Waals surface area contributed by atoms with E-state index in [2.05, 4.69) is 20.9 Å². The average Bonchev–Trinajstić information content (AvgIpc) is 3.48. The predicted molar refractivity (Wildman–Crippen MR) is 163 cm³/mol. The summed E-state index contributed by atoms with van der Waals surface area (Å²) >= 11 is 1.56. The Bertz CT molecular complexity index is 1550. The number of aryl methyl sites for hydroxylation is 3. The summed E-state index contributed by atoms with van der Waals surface area (Å²) in [5.74, 6) is 1.22. The molecule has 222 valence electrons. The highest BCUT2D eigenvalue weighted by Crippen LogP contribution is 2.50. The number of nitrogens with zero attached hydrogens (tertiary/aromatic N) is 1. The number of anilines is 2. The molecule has 3 aromatic rings. The number of fused-ring (bicyclic) bond motifs is 4. The first-order valence-corrected chi connectivity index (χ1v) is 14.9. The van der Waals surface area contributed by atoms with Crippen molar-refractivity contribution in [1.29, 1.82) is 0 Å². The van der Waals surface area contributed by atoms with Gasteiger partial charge in [0.1, 0.15) is 0 Å². The number of methoxy groups -OCH3 is 3. The van der Waals surface area contributed by atoms with Crippen molar-refractivity contribution in [2.45, 2.75) is 57.9 Å². The molecule has 3 N–H and O–H groups in total. The van der Waals surface area contributed by atoms with Crippen molar-refractivity contribution in [3.05, 3.63) is 56.2 Å². The maximum absolute atomic E-state index is 13.4. The Hall–Kier alpha value is -4.12. The molecule has 10 nitrogen and oxygen atoms in total. The number of carbonyl (C=O) groups excluding carboxylic acids is 2. The van der Waals surface area contributed by atoms with Crippen molar-refractivity contribution >= 4 is 34.0 Å². The minimum absolute atomic E-state index is 0.0943. The third-order valence-electron chi connectivity index (χ3n) is 7.65. The molecule has 1 atom stereocenters. The van der Waals surface area contributed by atoms with Crippen LogP contribution in [0, 0.1) is 0 Å². The molecule has 0 saturated carbocycles. The zero-order valence-corrected chi connectivity index (χ0v) is 25.2. The lowest BCUT2D eigenvalue weighted by Gasteiger charge is -2.19. The van der Waals surface area contributed by atoms with Gasteiger partial charge in [-0.15, -0.1) is 11.3 Å². The van der Waals surface area contributed by atoms with Crippen LogP contribution in [0.25, 0.3) is 11.1 Å². The van der Waals surface area contributed by atoms with Gasteiger partial charge in [-0.05, 0) is 73.4 Å². The molecule has 0 bridgehead atoms. The molecule has 2 aromatic carbocycles. The fourth-order valence-electron chi connectivity index (χ4n) is 5.75. The average molecular weight is 593 g/mol. The third kappa shape index (κ3) is 6.06. The van der Waals surface area contributed by atoms with E-state index in [1.807, 2.05) is 12.1 Å². The molecule has 0 fully saturated rings. The summed E-state index contributed by atoms with van der Waals surface area (Å²) in [5, 5.41) is 9.78. The highest BCUT2D eigenvalue weighted by atomic mass is 32.1. The lowest BCUT2D eigenvalue weighted by Crippen LogP contribution is -2.26. The monoisotopic (exact) mass is 592 g/mol. The van der Waals surface area contributed by atoms with Gasteiger partial charge in [0.25, 0.3) is 0 Å². The smallest absolute Gasteiger partial charge is 0.226 e. The highest BCUT2D eigenvalue weighted by Gasteiger charge is 2.29. The second kappa shape index (κ2) is 12.8. The van der Waals surface area contributed by atoms with Crippen LogP contribution in [0.5, 0.6) is 17.2 Å². The zero-order valence-electron chi connectivity index (χ0n) is 24.3. The van der Waals surface area contributed by atoms with Crippen LogP contribution >= 0.6 is 11.3 Å². The molecule has 0 spiro atoms. The number of benzene rings is 1. The first kappa shape index (κ1) is 29.4. The topological polar surface area (TPSA) is 128 Å². The molecule has 42 heavy (non-hydrogen) atoms. The van der Waals surface area contributed by atoms with Crippen molar-refractivity contribution in [3.63, 3.8) is 0 Å². The van der Waals surface area contributed by atoms with Crippen LogP contribution in [0.4, 0.5) is 10.8 Å². The Morgan fingerprint density at radius 1 is 1.05 bits per heavy atom. The van der Waals surface area contributed by atoms with Gasteiger partial charge in [-0.1, -0.05) is 6.07 Å². The van der Waals surface area contributed by atoms with Gasteiger partial charge in [0.05, 0.1) is 38.8 Å². The first-order chi connectivity index (χ1) is 20.3. The number of aromatic nitrogens is 1. The van der Waals surface area contributed by atoms with E-state index >= 15 is 0 Å². The molecule has 2 aliphatic rings. The first-order valence-electron chi connectivity index (χ1n) is 14.1. The normalized spacial score (nSPS) is 15.0. The van der Waals surface area contributed by atoms with Gasteiger partial charge in [0, 0.05) is 30.3 Å². The summed E-state index contributed by atoms with van der Waals surface area (Å²) in [6, 6.07) is 6.74. The van der Waals surface area contributed by atoms with Gasteiger partial charge >= 0.3 is 0 Å². The van der Waals surface area contributed by atoms with Gasteiger partial charge in [-0.3, -0.25) is 14.4 Å². The molecule has 11 heteroatoms. The zero-order chi connectivity index (χ0) is 29.8. The summed E-state index contributed by atoms with van der Waals surface area (Å²) in [6.45, 7) is 1.90. The second-order valence-electron chi connectivity index (χ2n) is 10.4. The van der Waals surface area contributed by atoms with Crippen LogP contribution in [-0.4, -0.2) is 44.7 Å². The van der Waals surface area contributed by atoms with Crippen LogP contribution in [0.2, 0.25) is 0 Å².